The molecule has 2 aromatic carbocycles. The van der Waals surface area contributed by atoms with Gasteiger partial charge in [-0.05, 0) is 48.9 Å². The minimum absolute atomic E-state index is 0.127. The molecule has 0 saturated carbocycles. The summed E-state index contributed by atoms with van der Waals surface area (Å²) in [6.07, 6.45) is 1.73. The van der Waals surface area contributed by atoms with Gasteiger partial charge in [-0.25, -0.2) is 0 Å². The van der Waals surface area contributed by atoms with Crippen molar-refractivity contribution in [3.8, 4) is 11.5 Å². The Morgan fingerprint density at radius 2 is 1.83 bits per heavy atom. The Hall–Kier alpha value is -2.76. The molecule has 1 atom stereocenters. The zero-order chi connectivity index (χ0) is 20.6. The number of nitrogens with one attached hydrogen (secondary N) is 1. The summed E-state index contributed by atoms with van der Waals surface area (Å²) in [7, 11) is 0. The number of nitrogens with zero attached hydrogens (tertiary/aromatic N) is 1. The van der Waals surface area contributed by atoms with Gasteiger partial charge in [0.2, 0.25) is 0 Å². The third-order valence-electron chi connectivity index (χ3n) is 4.11. The van der Waals surface area contributed by atoms with Crippen LogP contribution in [0.2, 0.25) is 10.0 Å². The number of amides is 1. The first-order chi connectivity index (χ1) is 14.0. The van der Waals surface area contributed by atoms with Crippen molar-refractivity contribution >= 4 is 29.1 Å². The number of aromatic nitrogens is 1. The first-order valence-corrected chi connectivity index (χ1v) is 9.77. The average molecular weight is 431 g/mol. The van der Waals surface area contributed by atoms with Crippen LogP contribution in [-0.4, -0.2) is 17.5 Å². The Balaban J connectivity index is 1.52. The van der Waals surface area contributed by atoms with Gasteiger partial charge >= 0.3 is 0 Å². The summed E-state index contributed by atoms with van der Waals surface area (Å²) in [4.78, 5) is 16.4. The van der Waals surface area contributed by atoms with Crippen LogP contribution >= 0.6 is 23.2 Å². The first-order valence-electron chi connectivity index (χ1n) is 9.01. The van der Waals surface area contributed by atoms with Gasteiger partial charge in [0.25, 0.3) is 5.91 Å². The lowest BCUT2D eigenvalue weighted by Crippen LogP contribution is -2.31. The number of pyridine rings is 1. The van der Waals surface area contributed by atoms with Crippen molar-refractivity contribution in [2.75, 3.05) is 6.61 Å². The molecule has 0 radical (unpaired) electrons. The zero-order valence-electron chi connectivity index (χ0n) is 15.8. The third kappa shape index (κ3) is 6.38. The van der Waals surface area contributed by atoms with Crippen molar-refractivity contribution in [2.24, 2.45) is 0 Å². The van der Waals surface area contributed by atoms with Gasteiger partial charge in [-0.2, -0.15) is 0 Å². The minimum Gasteiger partial charge on any atom is -0.487 e. The molecular formula is C22H20Cl2N2O3. The maximum absolute atomic E-state index is 12.2. The van der Waals surface area contributed by atoms with Crippen LogP contribution in [0.4, 0.5) is 0 Å². The predicted octanol–water partition coefficient (Wildman–Crippen LogP) is 5.22. The van der Waals surface area contributed by atoms with Crippen molar-refractivity contribution in [2.45, 2.75) is 19.6 Å². The number of hydrogen-bond acceptors (Lipinski definition) is 4. The molecule has 1 N–H and O–H groups in total. The van der Waals surface area contributed by atoms with Gasteiger partial charge in [0, 0.05) is 12.3 Å². The van der Waals surface area contributed by atoms with Gasteiger partial charge in [-0.15, -0.1) is 0 Å². The summed E-state index contributed by atoms with van der Waals surface area (Å²) < 4.78 is 11.3. The van der Waals surface area contributed by atoms with E-state index in [-0.39, 0.29) is 18.6 Å². The SMILES string of the molecule is CC(NC(=O)COc1ccc(Cl)c(Cl)c1)c1cccc(OCc2ccccn2)c1. The topological polar surface area (TPSA) is 60.5 Å². The molecule has 0 aliphatic heterocycles. The number of rotatable bonds is 8. The molecule has 5 nitrogen and oxygen atoms in total. The molecule has 0 bridgehead atoms. The van der Waals surface area contributed by atoms with E-state index in [0.717, 1.165) is 11.3 Å². The molecule has 1 aromatic heterocycles. The number of carbonyl (C=O) groups is 1. The number of benzene rings is 2. The Morgan fingerprint density at radius 3 is 2.59 bits per heavy atom. The largest absolute Gasteiger partial charge is 0.487 e. The summed E-state index contributed by atoms with van der Waals surface area (Å²) in [5.74, 6) is 0.941. The second-order valence-electron chi connectivity index (χ2n) is 6.34. The van der Waals surface area contributed by atoms with Crippen molar-refractivity contribution in [1.82, 2.24) is 10.3 Å². The van der Waals surface area contributed by atoms with Crippen LogP contribution in [0.1, 0.15) is 24.2 Å². The van der Waals surface area contributed by atoms with Gasteiger partial charge in [0.1, 0.15) is 18.1 Å². The predicted molar refractivity (Wildman–Crippen MR) is 114 cm³/mol. The third-order valence-corrected chi connectivity index (χ3v) is 4.85. The molecule has 29 heavy (non-hydrogen) atoms. The molecule has 1 amide bonds. The van der Waals surface area contributed by atoms with E-state index in [0.29, 0.717) is 28.2 Å². The highest BCUT2D eigenvalue weighted by Crippen LogP contribution is 2.26. The van der Waals surface area contributed by atoms with Crippen molar-refractivity contribution in [1.29, 1.82) is 0 Å². The molecule has 0 fully saturated rings. The quantitative estimate of drug-likeness (QED) is 0.531. The highest BCUT2D eigenvalue weighted by atomic mass is 35.5. The fraction of sp³-hybridized carbons (Fsp3) is 0.182. The monoisotopic (exact) mass is 430 g/mol. The molecule has 0 aliphatic rings. The van der Waals surface area contributed by atoms with Crippen LogP contribution in [-0.2, 0) is 11.4 Å². The van der Waals surface area contributed by atoms with E-state index < -0.39 is 0 Å². The number of hydrogen-bond donors (Lipinski definition) is 1. The van der Waals surface area contributed by atoms with E-state index in [1.165, 1.54) is 0 Å². The van der Waals surface area contributed by atoms with E-state index in [2.05, 4.69) is 10.3 Å². The Bertz CT molecular complexity index is 967. The summed E-state index contributed by atoms with van der Waals surface area (Å²) in [6, 6.07) is 17.9. The summed E-state index contributed by atoms with van der Waals surface area (Å²) in [5.41, 5.74) is 1.77. The lowest BCUT2D eigenvalue weighted by Gasteiger charge is -2.16. The highest BCUT2D eigenvalue weighted by molar-refractivity contribution is 6.42. The molecule has 1 heterocycles. The van der Waals surface area contributed by atoms with Crippen LogP contribution in [0.15, 0.2) is 66.9 Å². The van der Waals surface area contributed by atoms with Crippen LogP contribution in [0.5, 0.6) is 11.5 Å². The minimum atomic E-state index is -0.247. The van der Waals surface area contributed by atoms with E-state index >= 15 is 0 Å². The van der Waals surface area contributed by atoms with Crippen molar-refractivity contribution < 1.29 is 14.3 Å². The Kier molecular flexibility index (Phi) is 7.33. The highest BCUT2D eigenvalue weighted by Gasteiger charge is 2.11. The van der Waals surface area contributed by atoms with Crippen LogP contribution in [0, 0.1) is 0 Å². The normalized spacial score (nSPS) is 11.6. The van der Waals surface area contributed by atoms with E-state index in [1.54, 1.807) is 24.4 Å². The Morgan fingerprint density at radius 1 is 1.00 bits per heavy atom. The molecule has 150 valence electrons. The second-order valence-corrected chi connectivity index (χ2v) is 7.15. The summed E-state index contributed by atoms with van der Waals surface area (Å²) in [5, 5.41) is 3.71. The van der Waals surface area contributed by atoms with Crippen LogP contribution in [0.25, 0.3) is 0 Å². The standard InChI is InChI=1S/C22H20Cl2N2O3/c1-15(26-22(27)14-29-19-8-9-20(23)21(24)12-19)16-5-4-7-18(11-16)28-13-17-6-2-3-10-25-17/h2-12,15H,13-14H2,1H3,(H,26,27). The summed E-state index contributed by atoms with van der Waals surface area (Å²) >= 11 is 11.8. The van der Waals surface area contributed by atoms with Gasteiger partial charge in [-0.3, -0.25) is 9.78 Å². The molecule has 3 rings (SSSR count). The van der Waals surface area contributed by atoms with Crippen molar-refractivity contribution in [3.05, 3.63) is 88.2 Å². The molecular weight excluding hydrogens is 411 g/mol. The average Bonchev–Trinajstić information content (AvgIpc) is 2.74. The number of halogens is 2. The number of carbonyl (C=O) groups excluding carboxylic acids is 1. The smallest absolute Gasteiger partial charge is 0.258 e. The lowest BCUT2D eigenvalue weighted by atomic mass is 10.1. The van der Waals surface area contributed by atoms with Crippen LogP contribution < -0.4 is 14.8 Å². The number of ether oxygens (including phenoxy) is 2. The lowest BCUT2D eigenvalue weighted by molar-refractivity contribution is -0.123. The molecule has 0 aliphatic carbocycles. The van der Waals surface area contributed by atoms with Crippen LogP contribution in [0.3, 0.4) is 0 Å². The molecule has 7 heteroatoms. The molecule has 0 spiro atoms. The zero-order valence-corrected chi connectivity index (χ0v) is 17.3. The molecule has 0 saturated heterocycles. The first kappa shape index (κ1) is 21.0. The maximum atomic E-state index is 12.2. The van der Waals surface area contributed by atoms with Gasteiger partial charge in [-0.1, -0.05) is 41.4 Å². The summed E-state index contributed by atoms with van der Waals surface area (Å²) in [6.45, 7) is 2.15. The second kappa shape index (κ2) is 10.1. The fourth-order valence-electron chi connectivity index (χ4n) is 2.60. The van der Waals surface area contributed by atoms with E-state index in [4.69, 9.17) is 32.7 Å². The van der Waals surface area contributed by atoms with Gasteiger partial charge in [0.15, 0.2) is 6.61 Å². The van der Waals surface area contributed by atoms with Gasteiger partial charge < -0.3 is 14.8 Å². The van der Waals surface area contributed by atoms with E-state index in [1.807, 2.05) is 49.4 Å². The van der Waals surface area contributed by atoms with Crippen molar-refractivity contribution in [3.63, 3.8) is 0 Å². The van der Waals surface area contributed by atoms with Gasteiger partial charge in [0.05, 0.1) is 21.8 Å². The maximum Gasteiger partial charge on any atom is 0.258 e. The molecule has 3 aromatic rings. The van der Waals surface area contributed by atoms with E-state index in [9.17, 15) is 4.79 Å². The Labute approximate surface area is 179 Å². The fourth-order valence-corrected chi connectivity index (χ4v) is 2.88. The molecule has 1 unspecified atom stereocenters.